The summed E-state index contributed by atoms with van der Waals surface area (Å²) in [7, 11) is 4.11. The molecular formula is C18H23N3O2. The highest BCUT2D eigenvalue weighted by Crippen LogP contribution is 2.29. The monoisotopic (exact) mass is 313 g/mol. The second-order valence-corrected chi connectivity index (χ2v) is 6.17. The molecule has 0 N–H and O–H groups in total. The van der Waals surface area contributed by atoms with Crippen molar-refractivity contribution < 1.29 is 9.53 Å². The van der Waals surface area contributed by atoms with Crippen molar-refractivity contribution in [3.05, 3.63) is 42.0 Å². The lowest BCUT2D eigenvalue weighted by Gasteiger charge is -2.17. The maximum Gasteiger partial charge on any atom is 0.164 e. The summed E-state index contributed by atoms with van der Waals surface area (Å²) >= 11 is 0. The zero-order chi connectivity index (χ0) is 16.2. The first kappa shape index (κ1) is 15.7. The number of carbonyl (C=O) groups excluding carboxylic acids is 1. The Morgan fingerprint density at radius 3 is 3.00 bits per heavy atom. The van der Waals surface area contributed by atoms with E-state index in [1.807, 2.05) is 18.3 Å². The van der Waals surface area contributed by atoms with E-state index in [-0.39, 0.29) is 5.78 Å². The maximum atomic E-state index is 12.0. The molecule has 0 saturated carbocycles. The van der Waals surface area contributed by atoms with Gasteiger partial charge in [-0.3, -0.25) is 9.78 Å². The van der Waals surface area contributed by atoms with E-state index in [9.17, 15) is 4.79 Å². The first-order valence-corrected chi connectivity index (χ1v) is 8.12. The Kier molecular flexibility index (Phi) is 4.76. The van der Waals surface area contributed by atoms with E-state index in [1.54, 1.807) is 12.4 Å². The molecule has 0 aliphatic heterocycles. The smallest absolute Gasteiger partial charge is 0.164 e. The summed E-state index contributed by atoms with van der Waals surface area (Å²) in [5.41, 5.74) is 2.83. The molecular weight excluding hydrogens is 290 g/mol. The van der Waals surface area contributed by atoms with Crippen LogP contribution >= 0.6 is 0 Å². The van der Waals surface area contributed by atoms with Gasteiger partial charge in [-0.25, -0.2) is 0 Å². The minimum atomic E-state index is 0.238. The fraction of sp³-hybridized carbons (Fsp3) is 0.444. The van der Waals surface area contributed by atoms with Gasteiger partial charge in [0.25, 0.3) is 0 Å². The Bertz CT molecular complexity index is 691. The van der Waals surface area contributed by atoms with Crippen molar-refractivity contribution in [2.75, 3.05) is 27.2 Å². The summed E-state index contributed by atoms with van der Waals surface area (Å²) in [6.45, 7) is 1.66. The molecule has 0 fully saturated rings. The van der Waals surface area contributed by atoms with Crippen LogP contribution in [0.2, 0.25) is 0 Å². The zero-order valence-corrected chi connectivity index (χ0v) is 13.8. The van der Waals surface area contributed by atoms with Crippen LogP contribution in [-0.2, 0) is 6.42 Å². The average molecular weight is 313 g/mol. The summed E-state index contributed by atoms with van der Waals surface area (Å²) in [6, 6.07) is 3.81. The van der Waals surface area contributed by atoms with Crippen LogP contribution in [0.15, 0.2) is 30.7 Å². The largest absolute Gasteiger partial charge is 0.491 e. The van der Waals surface area contributed by atoms with E-state index in [0.29, 0.717) is 13.0 Å². The number of fused-ring (bicyclic) bond motifs is 1. The fourth-order valence-electron chi connectivity index (χ4n) is 2.99. The molecule has 3 rings (SSSR count). The van der Waals surface area contributed by atoms with Gasteiger partial charge in [0.05, 0.1) is 12.8 Å². The molecule has 122 valence electrons. The first-order chi connectivity index (χ1) is 11.2. The predicted octanol–water partition coefficient (Wildman–Crippen LogP) is 2.72. The summed E-state index contributed by atoms with van der Waals surface area (Å²) in [6.07, 6.45) is 8.96. The number of Topliss-reactive ketones (excluding diaryl/α,β-unsaturated/α-hetero) is 1. The maximum absolute atomic E-state index is 12.0. The third-order valence-corrected chi connectivity index (χ3v) is 4.14. The topological polar surface area (TPSA) is 47.4 Å². The second kappa shape index (κ2) is 6.96. The van der Waals surface area contributed by atoms with Gasteiger partial charge in [0.2, 0.25) is 0 Å². The molecule has 1 aliphatic carbocycles. The number of ether oxygens (including phenoxy) is 1. The minimum Gasteiger partial charge on any atom is -0.491 e. The molecule has 0 saturated heterocycles. The van der Waals surface area contributed by atoms with Crippen LogP contribution in [0, 0.1) is 0 Å². The highest BCUT2D eigenvalue weighted by atomic mass is 16.5. The lowest BCUT2D eigenvalue weighted by Crippen LogP contribution is -2.16. The highest BCUT2D eigenvalue weighted by molar-refractivity contribution is 5.98. The Hall–Kier alpha value is -2.14. The minimum absolute atomic E-state index is 0.238. The number of hydrogen-bond donors (Lipinski definition) is 0. The number of aromatic nitrogens is 2. The molecule has 0 unspecified atom stereocenters. The molecule has 23 heavy (non-hydrogen) atoms. The van der Waals surface area contributed by atoms with Crippen LogP contribution in [0.1, 0.15) is 35.3 Å². The number of nitrogens with zero attached hydrogens (tertiary/aromatic N) is 3. The van der Waals surface area contributed by atoms with Gasteiger partial charge in [-0.1, -0.05) is 0 Å². The van der Waals surface area contributed by atoms with E-state index in [0.717, 1.165) is 48.5 Å². The molecule has 0 amide bonds. The SMILES string of the molecule is CN(C)CCCOc1ccncc1-n1ccc2c1CCCC2=O. The van der Waals surface area contributed by atoms with Crippen molar-refractivity contribution in [2.24, 2.45) is 0 Å². The first-order valence-electron chi connectivity index (χ1n) is 8.12. The van der Waals surface area contributed by atoms with E-state index >= 15 is 0 Å². The van der Waals surface area contributed by atoms with Crippen LogP contribution in [0.25, 0.3) is 5.69 Å². The van der Waals surface area contributed by atoms with Crippen LogP contribution in [0.5, 0.6) is 5.75 Å². The Morgan fingerprint density at radius 2 is 2.17 bits per heavy atom. The van der Waals surface area contributed by atoms with Crippen molar-refractivity contribution in [1.29, 1.82) is 0 Å². The summed E-state index contributed by atoms with van der Waals surface area (Å²) in [4.78, 5) is 18.4. The van der Waals surface area contributed by atoms with Gasteiger partial charge in [0, 0.05) is 42.7 Å². The molecule has 0 atom stereocenters. The lowest BCUT2D eigenvalue weighted by atomic mass is 9.97. The van der Waals surface area contributed by atoms with Crippen LogP contribution in [0.3, 0.4) is 0 Å². The highest BCUT2D eigenvalue weighted by Gasteiger charge is 2.22. The van der Waals surface area contributed by atoms with Gasteiger partial charge in [-0.05, 0) is 39.4 Å². The molecule has 5 heteroatoms. The van der Waals surface area contributed by atoms with Crippen molar-refractivity contribution in [2.45, 2.75) is 25.7 Å². The summed E-state index contributed by atoms with van der Waals surface area (Å²) in [5.74, 6) is 1.05. The number of carbonyl (C=O) groups is 1. The summed E-state index contributed by atoms with van der Waals surface area (Å²) in [5, 5.41) is 0. The van der Waals surface area contributed by atoms with Crippen LogP contribution in [0.4, 0.5) is 0 Å². The summed E-state index contributed by atoms with van der Waals surface area (Å²) < 4.78 is 8.01. The molecule has 2 aromatic rings. The van der Waals surface area contributed by atoms with Gasteiger partial charge >= 0.3 is 0 Å². The third kappa shape index (κ3) is 3.45. The molecule has 1 aliphatic rings. The van der Waals surface area contributed by atoms with Gasteiger partial charge < -0.3 is 14.2 Å². The Morgan fingerprint density at radius 1 is 1.30 bits per heavy atom. The fourth-order valence-corrected chi connectivity index (χ4v) is 2.99. The number of ketones is 1. The number of hydrogen-bond acceptors (Lipinski definition) is 4. The molecule has 0 aromatic carbocycles. The molecule has 2 aromatic heterocycles. The van der Waals surface area contributed by atoms with E-state index in [1.165, 1.54) is 0 Å². The third-order valence-electron chi connectivity index (χ3n) is 4.14. The van der Waals surface area contributed by atoms with Gasteiger partial charge in [-0.2, -0.15) is 0 Å². The standard InChI is InChI=1S/C18H23N3O2/c1-20(2)10-4-12-23-18-7-9-19-13-16(18)21-11-8-14-15(21)5-3-6-17(14)22/h7-9,11,13H,3-6,10,12H2,1-2H3. The zero-order valence-electron chi connectivity index (χ0n) is 13.8. The van der Waals surface area contributed by atoms with Crippen molar-refractivity contribution in [1.82, 2.24) is 14.5 Å². The van der Waals surface area contributed by atoms with E-state index in [4.69, 9.17) is 4.74 Å². The van der Waals surface area contributed by atoms with Gasteiger partial charge in [-0.15, -0.1) is 0 Å². The number of rotatable bonds is 6. The quantitative estimate of drug-likeness (QED) is 0.769. The normalized spacial score (nSPS) is 14.1. The predicted molar refractivity (Wildman–Crippen MR) is 89.5 cm³/mol. The Labute approximate surface area is 136 Å². The van der Waals surface area contributed by atoms with Crippen LogP contribution < -0.4 is 4.74 Å². The molecule has 0 radical (unpaired) electrons. The van der Waals surface area contributed by atoms with Crippen molar-refractivity contribution in [3.63, 3.8) is 0 Å². The molecule has 5 nitrogen and oxygen atoms in total. The number of pyridine rings is 1. The molecule has 0 spiro atoms. The van der Waals surface area contributed by atoms with E-state index < -0.39 is 0 Å². The molecule has 0 bridgehead atoms. The molecule has 2 heterocycles. The van der Waals surface area contributed by atoms with Gasteiger partial charge in [0.15, 0.2) is 5.78 Å². The average Bonchev–Trinajstić information content (AvgIpc) is 2.97. The van der Waals surface area contributed by atoms with Crippen molar-refractivity contribution >= 4 is 5.78 Å². The van der Waals surface area contributed by atoms with Gasteiger partial charge in [0.1, 0.15) is 11.4 Å². The Balaban J connectivity index is 1.82. The van der Waals surface area contributed by atoms with Crippen LogP contribution in [-0.4, -0.2) is 47.5 Å². The van der Waals surface area contributed by atoms with E-state index in [2.05, 4.69) is 28.5 Å². The lowest BCUT2D eigenvalue weighted by molar-refractivity contribution is 0.0972. The second-order valence-electron chi connectivity index (χ2n) is 6.17. The van der Waals surface area contributed by atoms with Crippen molar-refractivity contribution in [3.8, 4) is 11.4 Å².